The second-order valence-corrected chi connectivity index (χ2v) is 10.6. The van der Waals surface area contributed by atoms with Crippen molar-refractivity contribution >= 4 is 17.5 Å². The van der Waals surface area contributed by atoms with Crippen LogP contribution < -0.4 is 19.7 Å². The van der Waals surface area contributed by atoms with Crippen molar-refractivity contribution in [3.8, 4) is 22.6 Å². The van der Waals surface area contributed by atoms with Crippen LogP contribution in [-0.4, -0.2) is 25.0 Å². The number of allylic oxidation sites excluding steroid dienone is 1. The van der Waals surface area contributed by atoms with E-state index in [4.69, 9.17) is 9.47 Å². The lowest BCUT2D eigenvalue weighted by atomic mass is 9.96. The zero-order valence-corrected chi connectivity index (χ0v) is 28.6. The smallest absolute Gasteiger partial charge is 0.323 e. The summed E-state index contributed by atoms with van der Waals surface area (Å²) in [6.45, 7) is 8.31. The summed E-state index contributed by atoms with van der Waals surface area (Å²) in [6.07, 6.45) is 3.10. The number of nitrogens with one attached hydrogen (secondary N) is 1. The summed E-state index contributed by atoms with van der Waals surface area (Å²) in [6, 6.07) is 37.0. The van der Waals surface area contributed by atoms with E-state index in [1.165, 1.54) is 30.3 Å². The third-order valence-corrected chi connectivity index (χ3v) is 7.74. The molecule has 0 aromatic heterocycles. The Bertz CT molecular complexity index is 1810. The number of rotatable bonds is 10. The van der Waals surface area contributed by atoms with Gasteiger partial charge in [0.25, 0.3) is 0 Å². The molecule has 2 amide bonds. The van der Waals surface area contributed by atoms with Gasteiger partial charge >= 0.3 is 6.03 Å². The minimum absolute atomic E-state index is 0.302. The molecule has 0 saturated carbocycles. The van der Waals surface area contributed by atoms with Crippen molar-refractivity contribution in [3.05, 3.63) is 162 Å². The second-order valence-electron chi connectivity index (χ2n) is 10.6. The van der Waals surface area contributed by atoms with E-state index in [-0.39, 0.29) is 11.8 Å². The summed E-state index contributed by atoms with van der Waals surface area (Å²) >= 11 is 0. The molecule has 49 heavy (non-hydrogen) atoms. The molecular weight excluding hydrogens is 615 g/mol. The molecule has 7 heteroatoms. The number of hydrogen-bond donors (Lipinski definition) is 1. The predicted octanol–water partition coefficient (Wildman–Crippen LogP) is 10.2. The Morgan fingerprint density at radius 1 is 0.796 bits per heavy atom. The first-order valence-electron chi connectivity index (χ1n) is 16.6. The molecule has 5 aromatic carbocycles. The summed E-state index contributed by atoms with van der Waals surface area (Å²) in [4.78, 5) is 28.4. The van der Waals surface area contributed by atoms with Crippen LogP contribution in [0, 0.1) is 5.82 Å². The molecule has 5 aromatic rings. The molecule has 1 saturated heterocycles. The summed E-state index contributed by atoms with van der Waals surface area (Å²) in [5.41, 5.74) is 4.84. The summed E-state index contributed by atoms with van der Waals surface area (Å²) < 4.78 is 25.3. The van der Waals surface area contributed by atoms with E-state index in [0.29, 0.717) is 29.4 Å². The second kappa shape index (κ2) is 18.0. The first-order valence-corrected chi connectivity index (χ1v) is 16.6. The van der Waals surface area contributed by atoms with E-state index < -0.39 is 17.9 Å². The first-order chi connectivity index (χ1) is 24.0. The number of nitrogens with zero attached hydrogens (tertiary/aromatic N) is 1. The van der Waals surface area contributed by atoms with Crippen molar-refractivity contribution in [3.63, 3.8) is 0 Å². The predicted molar refractivity (Wildman–Crippen MR) is 196 cm³/mol. The Balaban J connectivity index is 0.00000130. The van der Waals surface area contributed by atoms with Crippen LogP contribution in [0.5, 0.6) is 11.5 Å². The fourth-order valence-corrected chi connectivity index (χ4v) is 5.43. The van der Waals surface area contributed by atoms with Crippen LogP contribution in [0.2, 0.25) is 0 Å². The molecule has 0 radical (unpaired) electrons. The van der Waals surface area contributed by atoms with Crippen molar-refractivity contribution < 1.29 is 23.5 Å². The zero-order valence-electron chi connectivity index (χ0n) is 28.6. The number of anilines is 1. The van der Waals surface area contributed by atoms with E-state index in [1.54, 1.807) is 18.1 Å². The van der Waals surface area contributed by atoms with Crippen molar-refractivity contribution in [2.45, 2.75) is 46.4 Å². The molecule has 1 aliphatic rings. The van der Waals surface area contributed by atoms with Crippen LogP contribution in [0.15, 0.2) is 140 Å². The summed E-state index contributed by atoms with van der Waals surface area (Å²) in [5, 5.41) is 3.04. The van der Waals surface area contributed by atoms with E-state index in [1.807, 2.05) is 131 Å². The lowest BCUT2D eigenvalue weighted by Crippen LogP contribution is -2.29. The van der Waals surface area contributed by atoms with Crippen LogP contribution in [-0.2, 0) is 6.61 Å². The Hall–Kier alpha value is -5.69. The minimum Gasteiger partial charge on any atom is -0.497 e. The largest absolute Gasteiger partial charge is 0.497 e. The van der Waals surface area contributed by atoms with Gasteiger partial charge in [-0.3, -0.25) is 9.69 Å². The minimum atomic E-state index is -0.594. The summed E-state index contributed by atoms with van der Waals surface area (Å²) in [7, 11) is 1.59. The normalized spacial score (nSPS) is 15.0. The Morgan fingerprint density at radius 3 is 2.04 bits per heavy atom. The van der Waals surface area contributed by atoms with E-state index in [0.717, 1.165) is 22.3 Å². The molecule has 1 heterocycles. The van der Waals surface area contributed by atoms with E-state index in [9.17, 15) is 14.0 Å². The highest BCUT2D eigenvalue weighted by Gasteiger charge is 2.41. The lowest BCUT2D eigenvalue weighted by molar-refractivity contribution is 0.104. The number of ether oxygens (including phenoxy) is 2. The molecule has 2 atom stereocenters. The highest BCUT2D eigenvalue weighted by Crippen LogP contribution is 2.41. The van der Waals surface area contributed by atoms with Gasteiger partial charge in [0.1, 0.15) is 23.9 Å². The Labute approximate surface area is 288 Å². The molecule has 0 spiro atoms. The topological polar surface area (TPSA) is 67.9 Å². The van der Waals surface area contributed by atoms with Gasteiger partial charge < -0.3 is 14.8 Å². The molecule has 0 aliphatic carbocycles. The van der Waals surface area contributed by atoms with Crippen molar-refractivity contribution in [2.75, 3.05) is 12.0 Å². The van der Waals surface area contributed by atoms with Gasteiger partial charge in [-0.05, 0) is 71.3 Å². The van der Waals surface area contributed by atoms with E-state index in [2.05, 4.69) is 5.32 Å². The fourth-order valence-electron chi connectivity index (χ4n) is 5.43. The zero-order chi connectivity index (χ0) is 35.2. The van der Waals surface area contributed by atoms with Gasteiger partial charge in [-0.25, -0.2) is 9.18 Å². The quantitative estimate of drug-likeness (QED) is 0.120. The average Bonchev–Trinajstić information content (AvgIpc) is 3.50. The van der Waals surface area contributed by atoms with Gasteiger partial charge in [0.2, 0.25) is 0 Å². The third kappa shape index (κ3) is 9.02. The van der Waals surface area contributed by atoms with Crippen LogP contribution in [0.25, 0.3) is 11.1 Å². The maximum Gasteiger partial charge on any atom is 0.323 e. The van der Waals surface area contributed by atoms with Gasteiger partial charge in [-0.1, -0.05) is 107 Å². The molecule has 1 fully saturated rings. The fraction of sp³-hybridized carbons (Fsp3) is 0.190. The average molecular weight is 659 g/mol. The van der Waals surface area contributed by atoms with Crippen molar-refractivity contribution in [1.29, 1.82) is 0 Å². The van der Waals surface area contributed by atoms with Crippen LogP contribution in [0.3, 0.4) is 0 Å². The number of carbonyl (C=O) groups is 2. The molecule has 252 valence electrons. The maximum atomic E-state index is 13.7. The van der Waals surface area contributed by atoms with Gasteiger partial charge in [0.15, 0.2) is 5.78 Å². The van der Waals surface area contributed by atoms with Gasteiger partial charge in [0, 0.05) is 22.9 Å². The number of hydrogen-bond acceptors (Lipinski definition) is 4. The SMILES string of the molecule is CC.CC.COc1ccc(C2C(/C=C/C(=O)c3ccc(F)cc3)NC(=O)N2c2ccc(-c3ccccc3)cc2)c(OCc2ccccc2)c1. The highest BCUT2D eigenvalue weighted by atomic mass is 19.1. The number of benzene rings is 5. The van der Waals surface area contributed by atoms with Crippen molar-refractivity contribution in [1.82, 2.24) is 5.32 Å². The molecule has 0 bridgehead atoms. The lowest BCUT2D eigenvalue weighted by Gasteiger charge is -2.28. The molecule has 6 rings (SSSR count). The molecule has 1 N–H and O–H groups in total. The van der Waals surface area contributed by atoms with E-state index >= 15 is 0 Å². The number of urea groups is 1. The number of halogens is 1. The monoisotopic (exact) mass is 658 g/mol. The number of ketones is 1. The van der Waals surface area contributed by atoms with Crippen LogP contribution >= 0.6 is 0 Å². The Morgan fingerprint density at radius 2 is 1.41 bits per heavy atom. The first kappa shape index (κ1) is 36.2. The van der Waals surface area contributed by atoms with Gasteiger partial charge in [-0.2, -0.15) is 0 Å². The molecule has 6 nitrogen and oxygen atoms in total. The third-order valence-electron chi connectivity index (χ3n) is 7.74. The molecular formula is C42H43FN2O4. The van der Waals surface area contributed by atoms with Crippen molar-refractivity contribution in [2.24, 2.45) is 0 Å². The van der Waals surface area contributed by atoms with Gasteiger partial charge in [0.05, 0.1) is 19.2 Å². The highest BCUT2D eigenvalue weighted by molar-refractivity contribution is 6.05. The molecule has 2 unspecified atom stereocenters. The van der Waals surface area contributed by atoms with Crippen LogP contribution in [0.4, 0.5) is 14.9 Å². The number of methoxy groups -OCH3 is 1. The van der Waals surface area contributed by atoms with Crippen LogP contribution in [0.1, 0.15) is 55.2 Å². The van der Waals surface area contributed by atoms with Gasteiger partial charge in [-0.15, -0.1) is 0 Å². The standard InChI is InChI=1S/C38H31FN2O4.2C2H6/c1-44-32-20-21-33(36(24-32)45-25-26-8-4-2-5-9-26)37-34(22-23-35(42)29-12-16-30(39)17-13-29)40-38(43)41(37)31-18-14-28(15-19-31)27-10-6-3-7-11-27;2*1-2/h2-24,34,37H,25H2,1H3,(H,40,43);2*1-2H3/b23-22+;;. The number of carbonyl (C=O) groups excluding carboxylic acids is 2. The Kier molecular flexibility index (Phi) is 13.3. The summed E-state index contributed by atoms with van der Waals surface area (Å²) in [5.74, 6) is 0.435. The number of amides is 2. The maximum absolute atomic E-state index is 13.7. The molecule has 1 aliphatic heterocycles.